The first-order chi connectivity index (χ1) is 9.45. The molecule has 1 aromatic heterocycles. The maximum atomic E-state index is 11.5. The summed E-state index contributed by atoms with van der Waals surface area (Å²) in [6.45, 7) is 1.81. The van der Waals surface area contributed by atoms with Crippen molar-refractivity contribution in [2.75, 3.05) is 7.11 Å². The van der Waals surface area contributed by atoms with Crippen LogP contribution in [-0.2, 0) is 15.1 Å². The maximum absolute atomic E-state index is 11.5. The largest absolute Gasteiger partial charge is 0.469 e. The van der Waals surface area contributed by atoms with E-state index < -0.39 is 5.60 Å². The Balaban J connectivity index is 2.05. The zero-order valence-electron chi connectivity index (χ0n) is 11.8. The van der Waals surface area contributed by atoms with Gasteiger partial charge in [0.25, 0.3) is 0 Å². The zero-order valence-corrected chi connectivity index (χ0v) is 13.4. The Morgan fingerprint density at radius 1 is 1.40 bits per heavy atom. The third-order valence-electron chi connectivity index (χ3n) is 4.30. The van der Waals surface area contributed by atoms with E-state index in [1.165, 1.54) is 7.11 Å². The summed E-state index contributed by atoms with van der Waals surface area (Å²) in [5.41, 5.74) is -0.274. The van der Waals surface area contributed by atoms with Gasteiger partial charge < -0.3 is 9.84 Å². The first-order valence-electron chi connectivity index (χ1n) is 6.87. The SMILES string of the molecule is COC(=O)C1CCC([C@@](C)(O)c2ccc(Br)cn2)CC1. The van der Waals surface area contributed by atoms with Crippen LogP contribution in [0.15, 0.2) is 22.8 Å². The van der Waals surface area contributed by atoms with Gasteiger partial charge in [0.1, 0.15) is 5.60 Å². The maximum Gasteiger partial charge on any atom is 0.308 e. The summed E-state index contributed by atoms with van der Waals surface area (Å²) in [7, 11) is 1.43. The van der Waals surface area contributed by atoms with Crippen LogP contribution in [0.2, 0.25) is 0 Å². The Bertz CT molecular complexity index is 465. The monoisotopic (exact) mass is 341 g/mol. The lowest BCUT2D eigenvalue weighted by atomic mass is 9.73. The fourth-order valence-electron chi connectivity index (χ4n) is 2.94. The summed E-state index contributed by atoms with van der Waals surface area (Å²) in [5.74, 6) is -0.0353. The highest BCUT2D eigenvalue weighted by Gasteiger charge is 2.39. The van der Waals surface area contributed by atoms with E-state index in [1.807, 2.05) is 19.1 Å². The number of methoxy groups -OCH3 is 1. The van der Waals surface area contributed by atoms with Gasteiger partial charge in [0.2, 0.25) is 0 Å². The average molecular weight is 342 g/mol. The summed E-state index contributed by atoms with van der Waals surface area (Å²) in [4.78, 5) is 15.8. The van der Waals surface area contributed by atoms with Gasteiger partial charge in [-0.25, -0.2) is 0 Å². The number of rotatable bonds is 3. The molecule has 0 saturated heterocycles. The summed E-state index contributed by atoms with van der Waals surface area (Å²) >= 11 is 3.34. The Labute approximate surface area is 127 Å². The van der Waals surface area contributed by atoms with Crippen LogP contribution < -0.4 is 0 Å². The number of ether oxygens (including phenoxy) is 1. The van der Waals surface area contributed by atoms with Crippen molar-refractivity contribution in [2.45, 2.75) is 38.2 Å². The van der Waals surface area contributed by atoms with E-state index in [4.69, 9.17) is 4.74 Å². The molecule has 1 saturated carbocycles. The van der Waals surface area contributed by atoms with E-state index in [0.29, 0.717) is 5.69 Å². The fourth-order valence-corrected chi connectivity index (χ4v) is 3.18. The molecule has 0 amide bonds. The van der Waals surface area contributed by atoms with Gasteiger partial charge in [-0.1, -0.05) is 0 Å². The Morgan fingerprint density at radius 3 is 2.55 bits per heavy atom. The lowest BCUT2D eigenvalue weighted by molar-refractivity contribution is -0.148. The van der Waals surface area contributed by atoms with Crippen LogP contribution in [0.4, 0.5) is 0 Å². The van der Waals surface area contributed by atoms with Gasteiger partial charge in [-0.05, 0) is 66.6 Å². The van der Waals surface area contributed by atoms with Crippen molar-refractivity contribution in [3.63, 3.8) is 0 Å². The second-order valence-electron chi connectivity index (χ2n) is 5.58. The van der Waals surface area contributed by atoms with E-state index in [2.05, 4.69) is 20.9 Å². The summed E-state index contributed by atoms with van der Waals surface area (Å²) in [5, 5.41) is 10.8. The number of carbonyl (C=O) groups is 1. The van der Waals surface area contributed by atoms with Gasteiger partial charge in [0, 0.05) is 10.7 Å². The molecular formula is C15H20BrNO3. The number of esters is 1. The van der Waals surface area contributed by atoms with Gasteiger partial charge in [-0.2, -0.15) is 0 Å². The van der Waals surface area contributed by atoms with Crippen LogP contribution >= 0.6 is 15.9 Å². The lowest BCUT2D eigenvalue weighted by Gasteiger charge is -2.37. The lowest BCUT2D eigenvalue weighted by Crippen LogP contribution is -2.36. The molecule has 2 rings (SSSR count). The Hall–Kier alpha value is -0.940. The highest BCUT2D eigenvalue weighted by atomic mass is 79.9. The van der Waals surface area contributed by atoms with Crippen molar-refractivity contribution in [2.24, 2.45) is 11.8 Å². The molecule has 5 heteroatoms. The predicted octanol–water partition coefficient (Wildman–Crippen LogP) is 3.03. The van der Waals surface area contributed by atoms with E-state index >= 15 is 0 Å². The van der Waals surface area contributed by atoms with Crippen LogP contribution in [0.1, 0.15) is 38.3 Å². The number of hydrogen-bond donors (Lipinski definition) is 1. The van der Waals surface area contributed by atoms with Crippen molar-refractivity contribution in [1.29, 1.82) is 0 Å². The molecule has 110 valence electrons. The molecule has 0 aliphatic heterocycles. The smallest absolute Gasteiger partial charge is 0.308 e. The van der Waals surface area contributed by atoms with Crippen molar-refractivity contribution >= 4 is 21.9 Å². The van der Waals surface area contributed by atoms with Crippen LogP contribution in [-0.4, -0.2) is 23.2 Å². The first-order valence-corrected chi connectivity index (χ1v) is 7.66. The molecule has 0 aromatic carbocycles. The molecule has 1 heterocycles. The second kappa shape index (κ2) is 6.22. The van der Waals surface area contributed by atoms with Gasteiger partial charge in [-0.3, -0.25) is 9.78 Å². The minimum absolute atomic E-state index is 0.0232. The number of hydrogen-bond acceptors (Lipinski definition) is 4. The van der Waals surface area contributed by atoms with Crippen LogP contribution in [0.25, 0.3) is 0 Å². The van der Waals surface area contributed by atoms with E-state index in [1.54, 1.807) is 6.20 Å². The average Bonchev–Trinajstić information content (AvgIpc) is 2.47. The molecule has 1 atom stereocenters. The van der Waals surface area contributed by atoms with Crippen LogP contribution in [0.3, 0.4) is 0 Å². The summed E-state index contributed by atoms with van der Waals surface area (Å²) in [6, 6.07) is 3.73. The van der Waals surface area contributed by atoms with E-state index in [0.717, 1.165) is 30.2 Å². The quantitative estimate of drug-likeness (QED) is 0.858. The number of nitrogens with zero attached hydrogens (tertiary/aromatic N) is 1. The zero-order chi connectivity index (χ0) is 14.8. The van der Waals surface area contributed by atoms with Crippen molar-refractivity contribution < 1.29 is 14.6 Å². The molecule has 1 aliphatic rings. The number of halogens is 1. The Kier molecular flexibility index (Phi) is 4.81. The molecule has 0 spiro atoms. The third kappa shape index (κ3) is 3.20. The van der Waals surface area contributed by atoms with Crippen molar-refractivity contribution in [3.05, 3.63) is 28.5 Å². The van der Waals surface area contributed by atoms with Crippen molar-refractivity contribution in [3.8, 4) is 0 Å². The number of aliphatic hydroxyl groups is 1. The standard InChI is InChI=1S/C15H20BrNO3/c1-15(19,13-8-7-12(16)9-17-13)11-5-3-10(4-6-11)14(18)20-2/h7-11,19H,3-6H2,1-2H3/t10?,11?,15-/m1/s1. The molecule has 0 unspecified atom stereocenters. The third-order valence-corrected chi connectivity index (χ3v) is 4.77. The molecule has 1 fully saturated rings. The van der Waals surface area contributed by atoms with Crippen LogP contribution in [0.5, 0.6) is 0 Å². The molecule has 1 aliphatic carbocycles. The summed E-state index contributed by atoms with van der Waals surface area (Å²) in [6.07, 6.45) is 4.85. The Morgan fingerprint density at radius 2 is 2.05 bits per heavy atom. The van der Waals surface area contributed by atoms with Gasteiger partial charge in [0.15, 0.2) is 0 Å². The molecule has 1 N–H and O–H groups in total. The molecule has 4 nitrogen and oxygen atoms in total. The number of aromatic nitrogens is 1. The summed E-state index contributed by atoms with van der Waals surface area (Å²) < 4.78 is 5.68. The minimum Gasteiger partial charge on any atom is -0.469 e. The minimum atomic E-state index is -0.957. The molecule has 0 radical (unpaired) electrons. The molecule has 20 heavy (non-hydrogen) atoms. The second-order valence-corrected chi connectivity index (χ2v) is 6.50. The van der Waals surface area contributed by atoms with Gasteiger partial charge >= 0.3 is 5.97 Å². The van der Waals surface area contributed by atoms with E-state index in [9.17, 15) is 9.90 Å². The van der Waals surface area contributed by atoms with E-state index in [-0.39, 0.29) is 17.8 Å². The van der Waals surface area contributed by atoms with Gasteiger partial charge in [0.05, 0.1) is 18.7 Å². The highest BCUT2D eigenvalue weighted by molar-refractivity contribution is 9.10. The predicted molar refractivity (Wildman–Crippen MR) is 79.0 cm³/mol. The van der Waals surface area contributed by atoms with Gasteiger partial charge in [-0.15, -0.1) is 0 Å². The van der Waals surface area contributed by atoms with Crippen molar-refractivity contribution in [1.82, 2.24) is 4.98 Å². The number of pyridine rings is 1. The normalized spacial score (nSPS) is 25.8. The molecule has 1 aromatic rings. The fraction of sp³-hybridized carbons (Fsp3) is 0.600. The highest BCUT2D eigenvalue weighted by Crippen LogP contribution is 2.40. The first kappa shape index (κ1) is 15.4. The molecule has 0 bridgehead atoms. The molecular weight excluding hydrogens is 322 g/mol. The van der Waals surface area contributed by atoms with Crippen LogP contribution in [0, 0.1) is 11.8 Å². The topological polar surface area (TPSA) is 59.4 Å². The number of carbonyl (C=O) groups excluding carboxylic acids is 1.